The van der Waals surface area contributed by atoms with E-state index in [1.807, 2.05) is 0 Å². The van der Waals surface area contributed by atoms with Crippen LogP contribution < -0.4 is 5.32 Å². The summed E-state index contributed by atoms with van der Waals surface area (Å²) in [5, 5.41) is 10.2. The molecule has 104 valence electrons. The minimum absolute atomic E-state index is 0.0395. The van der Waals surface area contributed by atoms with Gasteiger partial charge in [0.05, 0.1) is 0 Å². The second-order valence-electron chi connectivity index (χ2n) is 4.25. The van der Waals surface area contributed by atoms with E-state index in [1.54, 1.807) is 19.1 Å². The molecule has 0 aliphatic rings. The summed E-state index contributed by atoms with van der Waals surface area (Å²) in [5.41, 5.74) is -2.54. The van der Waals surface area contributed by atoms with Crippen molar-refractivity contribution in [3.63, 3.8) is 0 Å². The fourth-order valence-corrected chi connectivity index (χ4v) is 1.25. The smallest absolute Gasteiger partial charge is 0.422 e. The average molecular weight is 275 g/mol. The van der Waals surface area contributed by atoms with Gasteiger partial charge in [-0.05, 0) is 26.0 Å². The summed E-state index contributed by atoms with van der Waals surface area (Å²) in [6.07, 6.45) is -5.10. The molecule has 0 saturated carbocycles. The van der Waals surface area contributed by atoms with Gasteiger partial charge in [-0.1, -0.05) is 17.7 Å². The van der Waals surface area contributed by atoms with E-state index in [-0.39, 0.29) is 5.56 Å². The van der Waals surface area contributed by atoms with E-state index in [4.69, 9.17) is 5.11 Å². The number of alkyl halides is 3. The number of nitrogens with one attached hydrogen (secondary N) is 1. The molecular weight excluding hydrogens is 263 g/mol. The first-order valence-corrected chi connectivity index (χ1v) is 5.27. The molecule has 1 aromatic rings. The monoisotopic (exact) mass is 275 g/mol. The molecular formula is C12H12F3NO3. The molecule has 1 aromatic carbocycles. The van der Waals surface area contributed by atoms with Crippen LogP contribution in [0.15, 0.2) is 24.3 Å². The number of carboxylic acids is 1. The van der Waals surface area contributed by atoms with Crippen LogP contribution in [-0.2, 0) is 4.79 Å². The van der Waals surface area contributed by atoms with Gasteiger partial charge in [-0.25, -0.2) is 4.79 Å². The molecule has 0 bridgehead atoms. The predicted octanol–water partition coefficient (Wildman–Crippen LogP) is 2.13. The zero-order chi connectivity index (χ0) is 14.8. The summed E-state index contributed by atoms with van der Waals surface area (Å²) < 4.78 is 38.1. The molecule has 1 rings (SSSR count). The molecule has 0 aliphatic carbocycles. The topological polar surface area (TPSA) is 66.4 Å². The number of aryl methyl sites for hydroxylation is 1. The predicted molar refractivity (Wildman–Crippen MR) is 60.7 cm³/mol. The second kappa shape index (κ2) is 4.91. The Balaban J connectivity index is 3.02. The van der Waals surface area contributed by atoms with Crippen LogP contribution in [0.2, 0.25) is 0 Å². The Labute approximate surface area is 107 Å². The van der Waals surface area contributed by atoms with Gasteiger partial charge in [0, 0.05) is 5.56 Å². The van der Waals surface area contributed by atoms with Crippen molar-refractivity contribution in [2.45, 2.75) is 25.6 Å². The summed E-state index contributed by atoms with van der Waals surface area (Å²) in [6.45, 7) is 2.15. The van der Waals surface area contributed by atoms with Crippen molar-refractivity contribution < 1.29 is 27.9 Å². The van der Waals surface area contributed by atoms with Crippen LogP contribution in [0.3, 0.4) is 0 Å². The SMILES string of the molecule is Cc1ccc(C(=O)NC(C)(C(=O)O)C(F)(F)F)cc1. The van der Waals surface area contributed by atoms with Crippen molar-refractivity contribution in [1.29, 1.82) is 0 Å². The number of rotatable bonds is 3. The van der Waals surface area contributed by atoms with Gasteiger partial charge in [-0.15, -0.1) is 0 Å². The van der Waals surface area contributed by atoms with Crippen LogP contribution in [-0.4, -0.2) is 28.7 Å². The number of aliphatic carboxylic acids is 1. The average Bonchev–Trinajstić information content (AvgIpc) is 2.27. The van der Waals surface area contributed by atoms with Crippen LogP contribution in [0.4, 0.5) is 13.2 Å². The van der Waals surface area contributed by atoms with Gasteiger partial charge in [0.1, 0.15) is 0 Å². The highest BCUT2D eigenvalue weighted by Gasteiger charge is 2.58. The number of carbonyl (C=O) groups is 2. The first kappa shape index (κ1) is 15.0. The number of benzene rings is 1. The molecule has 0 saturated heterocycles. The largest absolute Gasteiger partial charge is 0.479 e. The highest BCUT2D eigenvalue weighted by molar-refractivity contribution is 5.98. The maximum Gasteiger partial charge on any atom is 0.422 e. The van der Waals surface area contributed by atoms with Gasteiger partial charge in [0.25, 0.3) is 5.91 Å². The number of carbonyl (C=O) groups excluding carboxylic acids is 1. The molecule has 19 heavy (non-hydrogen) atoms. The Morgan fingerprint density at radius 1 is 1.16 bits per heavy atom. The van der Waals surface area contributed by atoms with Gasteiger partial charge in [0.2, 0.25) is 5.54 Å². The van der Waals surface area contributed by atoms with Crippen molar-refractivity contribution in [2.75, 3.05) is 0 Å². The Kier molecular flexibility index (Phi) is 3.88. The summed E-state index contributed by atoms with van der Waals surface area (Å²) in [4.78, 5) is 22.4. The van der Waals surface area contributed by atoms with Gasteiger partial charge >= 0.3 is 12.1 Å². The maximum absolute atomic E-state index is 12.7. The minimum atomic E-state index is -5.10. The van der Waals surface area contributed by atoms with E-state index < -0.39 is 23.6 Å². The van der Waals surface area contributed by atoms with Crippen molar-refractivity contribution in [2.24, 2.45) is 0 Å². The third kappa shape index (κ3) is 3.04. The molecule has 1 atom stereocenters. The third-order valence-electron chi connectivity index (χ3n) is 2.67. The fourth-order valence-electron chi connectivity index (χ4n) is 1.25. The first-order valence-electron chi connectivity index (χ1n) is 5.27. The molecule has 0 heterocycles. The number of carboxylic acid groups (broad SMARTS) is 1. The Hall–Kier alpha value is -2.05. The zero-order valence-corrected chi connectivity index (χ0v) is 10.2. The Morgan fingerprint density at radius 3 is 2.00 bits per heavy atom. The van der Waals surface area contributed by atoms with E-state index in [0.717, 1.165) is 5.56 Å². The standard InChI is InChI=1S/C12H12F3NO3/c1-7-3-5-8(6-4-7)9(17)16-11(2,10(18)19)12(13,14)15/h3-6H,1-2H3,(H,16,17)(H,18,19). The lowest BCUT2D eigenvalue weighted by Crippen LogP contribution is -2.61. The highest BCUT2D eigenvalue weighted by atomic mass is 19.4. The molecule has 0 radical (unpaired) electrons. The van der Waals surface area contributed by atoms with Gasteiger partial charge in [-0.3, -0.25) is 4.79 Å². The highest BCUT2D eigenvalue weighted by Crippen LogP contribution is 2.30. The van der Waals surface area contributed by atoms with Crippen LogP contribution in [0, 0.1) is 6.92 Å². The molecule has 1 unspecified atom stereocenters. The van der Waals surface area contributed by atoms with Crippen molar-refractivity contribution in [3.05, 3.63) is 35.4 Å². The van der Waals surface area contributed by atoms with E-state index in [1.165, 1.54) is 17.4 Å². The van der Waals surface area contributed by atoms with E-state index >= 15 is 0 Å². The lowest BCUT2D eigenvalue weighted by molar-refractivity contribution is -0.203. The fraction of sp³-hybridized carbons (Fsp3) is 0.333. The van der Waals surface area contributed by atoms with E-state index in [2.05, 4.69) is 0 Å². The third-order valence-corrected chi connectivity index (χ3v) is 2.67. The van der Waals surface area contributed by atoms with Gasteiger partial charge in [-0.2, -0.15) is 13.2 Å². The molecule has 0 fully saturated rings. The summed E-state index contributed by atoms with van der Waals surface area (Å²) in [6, 6.07) is 5.73. The van der Waals surface area contributed by atoms with E-state index in [0.29, 0.717) is 6.92 Å². The summed E-state index contributed by atoms with van der Waals surface area (Å²) in [7, 11) is 0. The normalized spacial score (nSPS) is 14.6. The molecule has 0 aliphatic heterocycles. The lowest BCUT2D eigenvalue weighted by atomic mass is 10.0. The van der Waals surface area contributed by atoms with Crippen LogP contribution in [0.5, 0.6) is 0 Å². The van der Waals surface area contributed by atoms with Crippen LogP contribution in [0.1, 0.15) is 22.8 Å². The quantitative estimate of drug-likeness (QED) is 0.888. The molecule has 1 amide bonds. The van der Waals surface area contributed by atoms with Crippen LogP contribution in [0.25, 0.3) is 0 Å². The summed E-state index contributed by atoms with van der Waals surface area (Å²) in [5.74, 6) is -3.26. The van der Waals surface area contributed by atoms with Crippen molar-refractivity contribution in [3.8, 4) is 0 Å². The molecule has 7 heteroatoms. The second-order valence-corrected chi connectivity index (χ2v) is 4.25. The molecule has 0 aromatic heterocycles. The van der Waals surface area contributed by atoms with Gasteiger partial charge in [0.15, 0.2) is 0 Å². The number of hydrogen-bond donors (Lipinski definition) is 2. The Bertz CT molecular complexity index is 496. The van der Waals surface area contributed by atoms with Gasteiger partial charge < -0.3 is 10.4 Å². The lowest BCUT2D eigenvalue weighted by Gasteiger charge is -2.28. The van der Waals surface area contributed by atoms with Crippen molar-refractivity contribution >= 4 is 11.9 Å². The molecule has 0 spiro atoms. The van der Waals surface area contributed by atoms with Crippen molar-refractivity contribution in [1.82, 2.24) is 5.32 Å². The zero-order valence-electron chi connectivity index (χ0n) is 10.2. The van der Waals surface area contributed by atoms with E-state index in [9.17, 15) is 22.8 Å². The molecule has 4 nitrogen and oxygen atoms in total. The number of amides is 1. The summed E-state index contributed by atoms with van der Waals surface area (Å²) >= 11 is 0. The minimum Gasteiger partial charge on any atom is -0.479 e. The Morgan fingerprint density at radius 2 is 1.63 bits per heavy atom. The maximum atomic E-state index is 12.7. The first-order chi connectivity index (χ1) is 8.58. The number of halogens is 3. The molecule has 2 N–H and O–H groups in total. The number of hydrogen-bond acceptors (Lipinski definition) is 2. The van der Waals surface area contributed by atoms with Crippen LogP contribution >= 0.6 is 0 Å².